The molecule has 2 heterocycles. The molecule has 146 valence electrons. The Hall–Kier alpha value is -3.43. The van der Waals surface area contributed by atoms with Gasteiger partial charge >= 0.3 is 11.5 Å². The van der Waals surface area contributed by atoms with Crippen molar-refractivity contribution in [3.63, 3.8) is 0 Å². The van der Waals surface area contributed by atoms with Gasteiger partial charge in [0.05, 0.1) is 22.9 Å². The number of hydrazine groups is 1. The van der Waals surface area contributed by atoms with Gasteiger partial charge in [-0.15, -0.1) is 5.01 Å². The van der Waals surface area contributed by atoms with E-state index in [9.17, 15) is 10.1 Å². The van der Waals surface area contributed by atoms with Crippen molar-refractivity contribution in [3.05, 3.63) is 81.3 Å². The van der Waals surface area contributed by atoms with Crippen LogP contribution < -0.4 is 16.0 Å². The smallest absolute Gasteiger partial charge is 0.250 e. The molecule has 3 aromatic rings. The van der Waals surface area contributed by atoms with Crippen LogP contribution in [-0.4, -0.2) is 16.6 Å². The summed E-state index contributed by atoms with van der Waals surface area (Å²) in [5.74, 6) is 0.744. The lowest BCUT2D eigenvalue weighted by Gasteiger charge is -2.09. The molecule has 2 aromatic carbocycles. The number of aryl methyl sites for hydroxylation is 1. The molecule has 0 spiro atoms. The molecule has 0 fully saturated rings. The third-order valence-electron chi connectivity index (χ3n) is 5.25. The number of fused-ring (bicyclic) bond motifs is 1. The topological polar surface area (TPSA) is 75.2 Å². The van der Waals surface area contributed by atoms with Crippen molar-refractivity contribution in [1.82, 2.24) is 9.58 Å². The number of H-pyrrole nitrogens is 1. The molecule has 4 rings (SSSR count). The van der Waals surface area contributed by atoms with Gasteiger partial charge in [0.25, 0.3) is 0 Å². The number of anilines is 1. The Morgan fingerprint density at radius 3 is 2.66 bits per heavy atom. The number of nitrogens with zero attached hydrogens (tertiary/aromatic N) is 3. The van der Waals surface area contributed by atoms with Crippen LogP contribution in [0.3, 0.4) is 0 Å². The van der Waals surface area contributed by atoms with Crippen LogP contribution >= 0.6 is 0 Å². The number of aromatic nitrogens is 2. The van der Waals surface area contributed by atoms with Crippen molar-refractivity contribution < 1.29 is 4.98 Å². The largest absolute Gasteiger partial charge is 0.376 e. The van der Waals surface area contributed by atoms with Gasteiger partial charge in [0, 0.05) is 19.9 Å². The highest BCUT2D eigenvalue weighted by Gasteiger charge is 2.28. The average molecular weight is 386 g/mol. The summed E-state index contributed by atoms with van der Waals surface area (Å²) in [7, 11) is 1.91. The van der Waals surface area contributed by atoms with Crippen LogP contribution in [0.15, 0.2) is 53.3 Å². The molecule has 0 saturated heterocycles. The van der Waals surface area contributed by atoms with Gasteiger partial charge in [0.15, 0.2) is 6.67 Å². The normalized spacial score (nSPS) is 13.0. The molecule has 0 saturated carbocycles. The average Bonchev–Trinajstić information content (AvgIpc) is 3.12. The van der Waals surface area contributed by atoms with E-state index in [1.807, 2.05) is 60.6 Å². The molecular weight excluding hydrogens is 362 g/mol. The molecule has 1 aromatic heterocycles. The SMILES string of the molecule is CCCc1[nH+]c2n(c(=O)c1Cc1ccc(-c3ccccc3C#N)cc1)CN(C)N2. The van der Waals surface area contributed by atoms with Crippen LogP contribution in [0.5, 0.6) is 0 Å². The Kier molecular flexibility index (Phi) is 5.15. The fourth-order valence-electron chi connectivity index (χ4n) is 3.82. The maximum atomic E-state index is 13.1. The second-order valence-corrected chi connectivity index (χ2v) is 7.40. The first kappa shape index (κ1) is 18.9. The number of hydrogen-bond acceptors (Lipinski definition) is 4. The third-order valence-corrected chi connectivity index (χ3v) is 5.25. The lowest BCUT2D eigenvalue weighted by molar-refractivity contribution is -0.380. The summed E-state index contributed by atoms with van der Waals surface area (Å²) in [6.07, 6.45) is 2.37. The summed E-state index contributed by atoms with van der Waals surface area (Å²) in [6, 6.07) is 18.0. The molecule has 0 aliphatic carbocycles. The first-order valence-corrected chi connectivity index (χ1v) is 9.84. The number of benzene rings is 2. The molecule has 6 heteroatoms. The Balaban J connectivity index is 1.67. The lowest BCUT2D eigenvalue weighted by atomic mass is 9.97. The zero-order valence-electron chi connectivity index (χ0n) is 16.7. The number of hydrogen-bond donors (Lipinski definition) is 1. The maximum absolute atomic E-state index is 13.1. The number of nitrogens with one attached hydrogen (secondary N) is 2. The quantitative estimate of drug-likeness (QED) is 0.731. The van der Waals surface area contributed by atoms with Crippen molar-refractivity contribution in [2.24, 2.45) is 0 Å². The van der Waals surface area contributed by atoms with Crippen molar-refractivity contribution in [3.8, 4) is 17.2 Å². The second kappa shape index (κ2) is 7.90. The van der Waals surface area contributed by atoms with E-state index in [-0.39, 0.29) is 5.56 Å². The minimum atomic E-state index is 0.0537. The lowest BCUT2D eigenvalue weighted by Crippen LogP contribution is -2.33. The van der Waals surface area contributed by atoms with E-state index in [1.165, 1.54) is 0 Å². The van der Waals surface area contributed by atoms with Gasteiger partial charge in [-0.1, -0.05) is 49.4 Å². The van der Waals surface area contributed by atoms with Gasteiger partial charge in [-0.2, -0.15) is 15.3 Å². The van der Waals surface area contributed by atoms with Crippen molar-refractivity contribution in [2.45, 2.75) is 32.9 Å². The molecular formula is C23H24N5O+. The highest BCUT2D eigenvalue weighted by atomic mass is 16.1. The summed E-state index contributed by atoms with van der Waals surface area (Å²) in [6.45, 7) is 2.64. The van der Waals surface area contributed by atoms with Gasteiger partial charge in [-0.25, -0.2) is 4.98 Å². The Morgan fingerprint density at radius 2 is 1.93 bits per heavy atom. The first-order valence-electron chi connectivity index (χ1n) is 9.84. The molecule has 0 bridgehead atoms. The van der Waals surface area contributed by atoms with E-state index >= 15 is 0 Å². The van der Waals surface area contributed by atoms with Crippen molar-refractivity contribution in [1.29, 1.82) is 5.26 Å². The van der Waals surface area contributed by atoms with Gasteiger partial charge in [0.2, 0.25) is 0 Å². The number of rotatable bonds is 5. The predicted octanol–water partition coefficient (Wildman–Crippen LogP) is 2.97. The Bertz CT molecular complexity index is 1140. The van der Waals surface area contributed by atoms with E-state index in [4.69, 9.17) is 0 Å². The van der Waals surface area contributed by atoms with Crippen molar-refractivity contribution in [2.75, 3.05) is 12.5 Å². The molecule has 6 nitrogen and oxygen atoms in total. The zero-order chi connectivity index (χ0) is 20.4. The molecule has 0 radical (unpaired) electrons. The third kappa shape index (κ3) is 3.65. The van der Waals surface area contributed by atoms with E-state index in [0.717, 1.165) is 46.7 Å². The van der Waals surface area contributed by atoms with E-state index in [0.29, 0.717) is 18.7 Å². The molecule has 1 aliphatic rings. The summed E-state index contributed by atoms with van der Waals surface area (Å²) in [5, 5.41) is 11.2. The summed E-state index contributed by atoms with van der Waals surface area (Å²) < 4.78 is 1.74. The van der Waals surface area contributed by atoms with Crippen LogP contribution in [0.25, 0.3) is 11.1 Å². The summed E-state index contributed by atoms with van der Waals surface area (Å²) >= 11 is 0. The van der Waals surface area contributed by atoms with Crippen LogP contribution in [0.2, 0.25) is 0 Å². The van der Waals surface area contributed by atoms with Gasteiger partial charge in [-0.05, 0) is 29.2 Å². The molecule has 29 heavy (non-hydrogen) atoms. The van der Waals surface area contributed by atoms with Crippen LogP contribution in [0, 0.1) is 11.3 Å². The van der Waals surface area contributed by atoms with Crippen LogP contribution in [0.1, 0.15) is 35.7 Å². The maximum Gasteiger partial charge on any atom is 0.376 e. The second-order valence-electron chi connectivity index (χ2n) is 7.40. The number of nitriles is 1. The molecule has 2 N–H and O–H groups in total. The Morgan fingerprint density at radius 1 is 1.17 bits per heavy atom. The minimum absolute atomic E-state index is 0.0537. The number of aromatic amines is 1. The van der Waals surface area contributed by atoms with Gasteiger partial charge in [-0.3, -0.25) is 4.79 Å². The van der Waals surface area contributed by atoms with Crippen molar-refractivity contribution >= 4 is 5.95 Å². The fraction of sp³-hybridized carbons (Fsp3) is 0.261. The first-order chi connectivity index (χ1) is 14.1. The Labute approximate surface area is 170 Å². The summed E-state index contributed by atoms with van der Waals surface area (Å²) in [4.78, 5) is 16.5. The van der Waals surface area contributed by atoms with E-state index in [2.05, 4.69) is 23.4 Å². The highest BCUT2D eigenvalue weighted by molar-refractivity contribution is 5.70. The monoisotopic (exact) mass is 386 g/mol. The zero-order valence-corrected chi connectivity index (χ0v) is 16.7. The van der Waals surface area contributed by atoms with Crippen LogP contribution in [-0.2, 0) is 19.5 Å². The molecule has 0 unspecified atom stereocenters. The van der Waals surface area contributed by atoms with Gasteiger partial charge in [0.1, 0.15) is 0 Å². The minimum Gasteiger partial charge on any atom is -0.250 e. The standard InChI is InChI=1S/C23H23N5O/c1-3-6-21-20(22(29)28-15-27(2)26-23(28)25-21)13-16-9-11-17(12-10-16)19-8-5-4-7-18(19)14-24/h4-5,7-12H,3,6,13,15H2,1-2H3,(H,25,26)/p+1. The van der Waals surface area contributed by atoms with E-state index in [1.54, 1.807) is 4.57 Å². The van der Waals surface area contributed by atoms with E-state index < -0.39 is 0 Å². The van der Waals surface area contributed by atoms with Gasteiger partial charge < -0.3 is 0 Å². The highest BCUT2D eigenvalue weighted by Crippen LogP contribution is 2.24. The molecule has 0 atom stereocenters. The predicted molar refractivity (Wildman–Crippen MR) is 112 cm³/mol. The summed E-state index contributed by atoms with van der Waals surface area (Å²) in [5.41, 5.74) is 8.70. The fourth-order valence-corrected chi connectivity index (χ4v) is 3.82. The van der Waals surface area contributed by atoms with Crippen LogP contribution in [0.4, 0.5) is 5.95 Å². The molecule has 0 amide bonds. The molecule has 1 aliphatic heterocycles.